The molecule has 1 heteroatoms. The molecule has 0 unspecified atom stereocenters. The number of benzene rings is 1. The zero-order valence-electron chi connectivity index (χ0n) is 11.2. The average Bonchev–Trinajstić information content (AvgIpc) is 2.45. The molecule has 2 rings (SSSR count). The average molecular weight is 241 g/mol. The first-order chi connectivity index (χ1) is 8.88. The number of rotatable bonds is 5. The Morgan fingerprint density at radius 2 is 1.72 bits per heavy atom. The molecule has 96 valence electrons. The molecule has 1 aliphatic rings. The van der Waals surface area contributed by atoms with Crippen LogP contribution < -0.4 is 0 Å². The standard InChI is InChI=1S/C17H23N/c18-14-17-12-10-16(11-13-17)9-5-4-8-15-6-2-1-3-7-15/h10-13,15H,1-9H2. The van der Waals surface area contributed by atoms with Crippen molar-refractivity contribution in [2.75, 3.05) is 0 Å². The lowest BCUT2D eigenvalue weighted by Gasteiger charge is -2.21. The molecular formula is C17H23N. The normalized spacial score (nSPS) is 16.4. The van der Waals surface area contributed by atoms with Gasteiger partial charge in [0.25, 0.3) is 0 Å². The second kappa shape index (κ2) is 7.21. The molecule has 0 heterocycles. The van der Waals surface area contributed by atoms with E-state index in [4.69, 9.17) is 5.26 Å². The first-order valence-corrected chi connectivity index (χ1v) is 7.37. The van der Waals surface area contributed by atoms with E-state index in [-0.39, 0.29) is 0 Å². The van der Waals surface area contributed by atoms with E-state index in [1.54, 1.807) is 0 Å². The predicted octanol–water partition coefficient (Wildman–Crippen LogP) is 4.85. The van der Waals surface area contributed by atoms with Gasteiger partial charge in [0.05, 0.1) is 11.6 Å². The van der Waals surface area contributed by atoms with E-state index in [9.17, 15) is 0 Å². The third kappa shape index (κ3) is 4.18. The highest BCUT2D eigenvalue weighted by Crippen LogP contribution is 2.27. The number of hydrogen-bond donors (Lipinski definition) is 0. The van der Waals surface area contributed by atoms with Crippen LogP contribution in [0.4, 0.5) is 0 Å². The zero-order chi connectivity index (χ0) is 12.6. The minimum absolute atomic E-state index is 0.765. The Kier molecular flexibility index (Phi) is 5.27. The summed E-state index contributed by atoms with van der Waals surface area (Å²) in [7, 11) is 0. The molecule has 0 aromatic heterocycles. The lowest BCUT2D eigenvalue weighted by molar-refractivity contribution is 0.330. The van der Waals surface area contributed by atoms with Gasteiger partial charge in [0.2, 0.25) is 0 Å². The van der Waals surface area contributed by atoms with Crippen molar-refractivity contribution in [1.82, 2.24) is 0 Å². The summed E-state index contributed by atoms with van der Waals surface area (Å²) in [5.41, 5.74) is 2.14. The van der Waals surface area contributed by atoms with Gasteiger partial charge in [-0.25, -0.2) is 0 Å². The van der Waals surface area contributed by atoms with Crippen molar-refractivity contribution in [2.45, 2.75) is 57.8 Å². The molecule has 1 fully saturated rings. The molecule has 0 spiro atoms. The third-order valence-corrected chi connectivity index (χ3v) is 4.14. The molecule has 0 radical (unpaired) electrons. The number of hydrogen-bond acceptors (Lipinski definition) is 1. The van der Waals surface area contributed by atoms with Gasteiger partial charge >= 0.3 is 0 Å². The van der Waals surface area contributed by atoms with E-state index in [0.717, 1.165) is 11.5 Å². The quantitative estimate of drug-likeness (QED) is 0.676. The molecule has 1 saturated carbocycles. The second-order valence-corrected chi connectivity index (χ2v) is 5.56. The van der Waals surface area contributed by atoms with E-state index in [1.807, 2.05) is 12.1 Å². The number of aryl methyl sites for hydroxylation is 1. The van der Waals surface area contributed by atoms with Gasteiger partial charge in [0.1, 0.15) is 0 Å². The molecule has 1 aromatic carbocycles. The summed E-state index contributed by atoms with van der Waals surface area (Å²) < 4.78 is 0. The van der Waals surface area contributed by atoms with Crippen LogP contribution in [-0.2, 0) is 6.42 Å². The Morgan fingerprint density at radius 3 is 2.39 bits per heavy atom. The molecule has 0 atom stereocenters. The Bertz CT molecular complexity index is 379. The van der Waals surface area contributed by atoms with Gasteiger partial charge in [-0.05, 0) is 36.5 Å². The Morgan fingerprint density at radius 1 is 1.00 bits per heavy atom. The SMILES string of the molecule is N#Cc1ccc(CCCCC2CCCCC2)cc1. The highest BCUT2D eigenvalue weighted by Gasteiger charge is 2.12. The number of nitrogens with zero attached hydrogens (tertiary/aromatic N) is 1. The lowest BCUT2D eigenvalue weighted by atomic mass is 9.85. The first-order valence-electron chi connectivity index (χ1n) is 7.37. The molecule has 1 nitrogen and oxygen atoms in total. The Hall–Kier alpha value is -1.29. The summed E-state index contributed by atoms with van der Waals surface area (Å²) in [6, 6.07) is 10.2. The van der Waals surface area contributed by atoms with Crippen LogP contribution in [0, 0.1) is 17.2 Å². The smallest absolute Gasteiger partial charge is 0.0991 e. The van der Waals surface area contributed by atoms with E-state index in [1.165, 1.54) is 63.4 Å². The topological polar surface area (TPSA) is 23.8 Å². The van der Waals surface area contributed by atoms with Gasteiger partial charge in [0.15, 0.2) is 0 Å². The summed E-state index contributed by atoms with van der Waals surface area (Å²) in [5, 5.41) is 8.74. The van der Waals surface area contributed by atoms with E-state index in [2.05, 4.69) is 18.2 Å². The minimum Gasteiger partial charge on any atom is -0.192 e. The lowest BCUT2D eigenvalue weighted by Crippen LogP contribution is -2.05. The predicted molar refractivity (Wildman–Crippen MR) is 75.3 cm³/mol. The van der Waals surface area contributed by atoms with Crippen molar-refractivity contribution in [1.29, 1.82) is 5.26 Å². The number of nitriles is 1. The molecule has 0 N–H and O–H groups in total. The third-order valence-electron chi connectivity index (χ3n) is 4.14. The van der Waals surface area contributed by atoms with Gasteiger partial charge in [-0.3, -0.25) is 0 Å². The van der Waals surface area contributed by atoms with Crippen LogP contribution >= 0.6 is 0 Å². The van der Waals surface area contributed by atoms with Crippen LogP contribution in [0.2, 0.25) is 0 Å². The second-order valence-electron chi connectivity index (χ2n) is 5.56. The molecule has 1 aromatic rings. The summed E-state index contributed by atoms with van der Waals surface area (Å²) in [5.74, 6) is 1.01. The summed E-state index contributed by atoms with van der Waals surface area (Å²) in [6.45, 7) is 0. The van der Waals surface area contributed by atoms with Crippen LogP contribution in [0.3, 0.4) is 0 Å². The summed E-state index contributed by atoms with van der Waals surface area (Å²) in [4.78, 5) is 0. The summed E-state index contributed by atoms with van der Waals surface area (Å²) >= 11 is 0. The van der Waals surface area contributed by atoms with Crippen LogP contribution in [0.1, 0.15) is 62.5 Å². The maximum atomic E-state index is 8.74. The molecule has 0 bridgehead atoms. The van der Waals surface area contributed by atoms with Crippen molar-refractivity contribution in [2.24, 2.45) is 5.92 Å². The van der Waals surface area contributed by atoms with Crippen molar-refractivity contribution in [3.8, 4) is 6.07 Å². The fourth-order valence-electron chi connectivity index (χ4n) is 2.98. The fraction of sp³-hybridized carbons (Fsp3) is 0.588. The largest absolute Gasteiger partial charge is 0.192 e. The van der Waals surface area contributed by atoms with Crippen LogP contribution in [0.15, 0.2) is 24.3 Å². The van der Waals surface area contributed by atoms with E-state index < -0.39 is 0 Å². The van der Waals surface area contributed by atoms with Crippen LogP contribution in [0.25, 0.3) is 0 Å². The maximum absolute atomic E-state index is 8.74. The molecule has 1 aliphatic carbocycles. The Labute approximate surface area is 111 Å². The number of unbranched alkanes of at least 4 members (excludes halogenated alkanes) is 1. The van der Waals surface area contributed by atoms with E-state index in [0.29, 0.717) is 0 Å². The van der Waals surface area contributed by atoms with Crippen LogP contribution in [0.5, 0.6) is 0 Å². The van der Waals surface area contributed by atoms with Gasteiger partial charge in [-0.15, -0.1) is 0 Å². The molecule has 0 aliphatic heterocycles. The molecule has 0 amide bonds. The van der Waals surface area contributed by atoms with Crippen molar-refractivity contribution in [3.05, 3.63) is 35.4 Å². The zero-order valence-corrected chi connectivity index (χ0v) is 11.2. The van der Waals surface area contributed by atoms with Gasteiger partial charge in [-0.1, -0.05) is 57.1 Å². The van der Waals surface area contributed by atoms with E-state index >= 15 is 0 Å². The minimum atomic E-state index is 0.765. The highest BCUT2D eigenvalue weighted by molar-refractivity contribution is 5.31. The van der Waals surface area contributed by atoms with Crippen molar-refractivity contribution < 1.29 is 0 Å². The molecule has 0 saturated heterocycles. The van der Waals surface area contributed by atoms with Gasteiger partial charge < -0.3 is 0 Å². The van der Waals surface area contributed by atoms with Crippen molar-refractivity contribution >= 4 is 0 Å². The fourth-order valence-corrected chi connectivity index (χ4v) is 2.98. The maximum Gasteiger partial charge on any atom is 0.0991 e. The highest BCUT2D eigenvalue weighted by atomic mass is 14.2. The van der Waals surface area contributed by atoms with Gasteiger partial charge in [-0.2, -0.15) is 5.26 Å². The summed E-state index contributed by atoms with van der Waals surface area (Å²) in [6.07, 6.45) is 12.6. The van der Waals surface area contributed by atoms with Gasteiger partial charge in [0, 0.05) is 0 Å². The van der Waals surface area contributed by atoms with Crippen molar-refractivity contribution in [3.63, 3.8) is 0 Å². The molecule has 18 heavy (non-hydrogen) atoms. The molecular weight excluding hydrogens is 218 g/mol. The monoisotopic (exact) mass is 241 g/mol. The Balaban J connectivity index is 1.63. The van der Waals surface area contributed by atoms with Crippen LogP contribution in [-0.4, -0.2) is 0 Å². The first kappa shape index (κ1) is 13.1.